The highest BCUT2D eigenvalue weighted by molar-refractivity contribution is 5.78. The number of nitro benzene ring substituents is 1. The largest absolute Gasteiger partial charge is 0.490 e. The molecule has 0 unspecified atom stereocenters. The van der Waals surface area contributed by atoms with Crippen molar-refractivity contribution in [1.29, 1.82) is 0 Å². The van der Waals surface area contributed by atoms with Gasteiger partial charge >= 0.3 is 5.69 Å². The van der Waals surface area contributed by atoms with Gasteiger partial charge in [-0.3, -0.25) is 14.9 Å². The molecule has 0 saturated heterocycles. The monoisotopic (exact) mass is 400 g/mol. The number of ether oxygens (including phenoxy) is 3. The molecule has 2 aromatic rings. The lowest BCUT2D eigenvalue weighted by Gasteiger charge is -2.24. The number of hydrogen-bond acceptors (Lipinski definition) is 6. The molecule has 1 atom stereocenters. The van der Waals surface area contributed by atoms with Gasteiger partial charge in [-0.25, -0.2) is 0 Å². The number of carbonyl (C=O) groups excluding carboxylic acids is 1. The summed E-state index contributed by atoms with van der Waals surface area (Å²) in [6.45, 7) is 4.87. The van der Waals surface area contributed by atoms with Gasteiger partial charge in [0, 0.05) is 12.5 Å². The topological polar surface area (TPSA) is 99.9 Å². The molecule has 8 heteroatoms. The highest BCUT2D eigenvalue weighted by Gasteiger charge is 2.22. The van der Waals surface area contributed by atoms with E-state index in [0.29, 0.717) is 24.7 Å². The summed E-state index contributed by atoms with van der Waals surface area (Å²) in [7, 11) is 0. The molecule has 0 aliphatic carbocycles. The highest BCUT2D eigenvalue weighted by Crippen LogP contribution is 2.34. The average Bonchev–Trinajstić information content (AvgIpc) is 2.95. The Morgan fingerprint density at radius 1 is 1.17 bits per heavy atom. The van der Waals surface area contributed by atoms with Crippen molar-refractivity contribution in [2.75, 3.05) is 19.8 Å². The van der Waals surface area contributed by atoms with E-state index in [1.54, 1.807) is 12.1 Å². The molecule has 0 spiro atoms. The number of para-hydroxylation sites is 2. The molecular formula is C21H24N2O6. The van der Waals surface area contributed by atoms with E-state index in [2.05, 4.69) is 5.32 Å². The zero-order valence-electron chi connectivity index (χ0n) is 16.4. The van der Waals surface area contributed by atoms with E-state index in [1.807, 2.05) is 32.0 Å². The second-order valence-corrected chi connectivity index (χ2v) is 7.06. The van der Waals surface area contributed by atoms with Crippen LogP contribution in [0.15, 0.2) is 42.5 Å². The molecule has 1 heterocycles. The Kier molecular flexibility index (Phi) is 6.54. The number of carbonyl (C=O) groups is 1. The van der Waals surface area contributed by atoms with Crippen molar-refractivity contribution in [2.45, 2.75) is 26.3 Å². The first-order valence-electron chi connectivity index (χ1n) is 9.51. The standard InChI is InChI=1S/C21H24N2O6/c1-14(2)21(15-8-9-18-19(12-15)28-11-5-10-27-18)22-20(24)13-29-17-7-4-3-6-16(17)23(25)26/h3-4,6-9,12,14,21H,5,10-11,13H2,1-2H3,(H,22,24)/t21-/m1/s1. The molecular weight excluding hydrogens is 376 g/mol. The maximum atomic E-state index is 12.5. The number of nitrogens with one attached hydrogen (secondary N) is 1. The van der Waals surface area contributed by atoms with E-state index < -0.39 is 4.92 Å². The fourth-order valence-corrected chi connectivity index (χ4v) is 3.10. The Morgan fingerprint density at radius 3 is 2.62 bits per heavy atom. The number of amides is 1. The summed E-state index contributed by atoms with van der Waals surface area (Å²) >= 11 is 0. The van der Waals surface area contributed by atoms with E-state index in [9.17, 15) is 14.9 Å². The van der Waals surface area contributed by atoms with Crippen molar-refractivity contribution >= 4 is 11.6 Å². The first kappa shape index (κ1) is 20.4. The third kappa shape index (κ3) is 5.16. The molecule has 29 heavy (non-hydrogen) atoms. The molecule has 1 amide bonds. The number of rotatable bonds is 7. The van der Waals surface area contributed by atoms with Crippen molar-refractivity contribution in [2.24, 2.45) is 5.92 Å². The number of fused-ring (bicyclic) bond motifs is 1. The molecule has 0 saturated carbocycles. The third-order valence-electron chi connectivity index (χ3n) is 4.53. The summed E-state index contributed by atoms with van der Waals surface area (Å²) < 4.78 is 16.8. The van der Waals surface area contributed by atoms with Crippen LogP contribution in [0, 0.1) is 16.0 Å². The van der Waals surface area contributed by atoms with Gasteiger partial charge in [0.05, 0.1) is 24.2 Å². The molecule has 0 fully saturated rings. The van der Waals surface area contributed by atoms with Gasteiger partial charge in [-0.1, -0.05) is 32.0 Å². The Balaban J connectivity index is 1.69. The van der Waals surface area contributed by atoms with E-state index >= 15 is 0 Å². The molecule has 8 nitrogen and oxygen atoms in total. The quantitative estimate of drug-likeness (QED) is 0.562. The summed E-state index contributed by atoms with van der Waals surface area (Å²) in [5.74, 6) is 1.16. The minimum atomic E-state index is -0.540. The van der Waals surface area contributed by atoms with Crippen LogP contribution in [0.3, 0.4) is 0 Å². The summed E-state index contributed by atoms with van der Waals surface area (Å²) in [4.78, 5) is 23.0. The van der Waals surface area contributed by atoms with Crippen molar-refractivity contribution < 1.29 is 23.9 Å². The van der Waals surface area contributed by atoms with Gasteiger partial charge in [-0.15, -0.1) is 0 Å². The summed E-state index contributed by atoms with van der Waals surface area (Å²) in [6.07, 6.45) is 0.817. The number of nitro groups is 1. The second kappa shape index (κ2) is 9.27. The van der Waals surface area contributed by atoms with E-state index in [1.165, 1.54) is 12.1 Å². The summed E-state index contributed by atoms with van der Waals surface area (Å²) in [5.41, 5.74) is 0.715. The van der Waals surface area contributed by atoms with Gasteiger partial charge in [0.15, 0.2) is 23.9 Å². The lowest BCUT2D eigenvalue weighted by Crippen LogP contribution is -2.35. The van der Waals surface area contributed by atoms with E-state index in [4.69, 9.17) is 14.2 Å². The van der Waals surface area contributed by atoms with Crippen LogP contribution in [0.5, 0.6) is 17.2 Å². The predicted octanol–water partition coefficient (Wildman–Crippen LogP) is 3.65. The normalized spacial score (nSPS) is 14.0. The average molecular weight is 400 g/mol. The van der Waals surface area contributed by atoms with Crippen LogP contribution < -0.4 is 19.5 Å². The van der Waals surface area contributed by atoms with Crippen LogP contribution in [0.25, 0.3) is 0 Å². The van der Waals surface area contributed by atoms with Crippen LogP contribution in [-0.4, -0.2) is 30.7 Å². The maximum Gasteiger partial charge on any atom is 0.310 e. The lowest BCUT2D eigenvalue weighted by atomic mass is 9.95. The fourth-order valence-electron chi connectivity index (χ4n) is 3.10. The van der Waals surface area contributed by atoms with Crippen molar-refractivity contribution in [3.8, 4) is 17.2 Å². The number of benzene rings is 2. The van der Waals surface area contributed by atoms with Crippen LogP contribution in [0.2, 0.25) is 0 Å². The number of hydrogen-bond donors (Lipinski definition) is 1. The molecule has 1 aliphatic rings. The summed E-state index contributed by atoms with van der Waals surface area (Å²) in [5, 5.41) is 14.0. The minimum absolute atomic E-state index is 0.0596. The van der Waals surface area contributed by atoms with E-state index in [-0.39, 0.29) is 35.9 Å². The highest BCUT2D eigenvalue weighted by atomic mass is 16.6. The molecule has 0 aromatic heterocycles. The summed E-state index contributed by atoms with van der Waals surface area (Å²) in [6, 6.07) is 11.3. The molecule has 1 N–H and O–H groups in total. The molecule has 0 radical (unpaired) electrons. The molecule has 1 aliphatic heterocycles. The van der Waals surface area contributed by atoms with Crippen molar-refractivity contribution in [3.63, 3.8) is 0 Å². The van der Waals surface area contributed by atoms with Crippen molar-refractivity contribution in [3.05, 3.63) is 58.1 Å². The van der Waals surface area contributed by atoms with Gasteiger partial charge in [0.1, 0.15) is 0 Å². The predicted molar refractivity (Wildman–Crippen MR) is 106 cm³/mol. The van der Waals surface area contributed by atoms with E-state index in [0.717, 1.165) is 12.0 Å². The minimum Gasteiger partial charge on any atom is -0.490 e. The van der Waals surface area contributed by atoms with Crippen LogP contribution >= 0.6 is 0 Å². The van der Waals surface area contributed by atoms with Crippen molar-refractivity contribution in [1.82, 2.24) is 5.32 Å². The zero-order valence-corrected chi connectivity index (χ0v) is 16.4. The first-order chi connectivity index (χ1) is 14.0. The Morgan fingerprint density at radius 2 is 1.90 bits per heavy atom. The maximum absolute atomic E-state index is 12.5. The molecule has 154 valence electrons. The first-order valence-corrected chi connectivity index (χ1v) is 9.51. The second-order valence-electron chi connectivity index (χ2n) is 7.06. The SMILES string of the molecule is CC(C)[C@@H](NC(=O)COc1ccccc1[N+](=O)[O-])c1ccc2c(c1)OCCCO2. The van der Waals surface area contributed by atoms with Gasteiger partial charge in [-0.05, 0) is 29.7 Å². The lowest BCUT2D eigenvalue weighted by molar-refractivity contribution is -0.385. The zero-order chi connectivity index (χ0) is 20.8. The van der Waals surface area contributed by atoms with Gasteiger partial charge in [0.2, 0.25) is 0 Å². The number of nitrogens with zero attached hydrogens (tertiary/aromatic N) is 1. The van der Waals surface area contributed by atoms with Gasteiger partial charge < -0.3 is 19.5 Å². The van der Waals surface area contributed by atoms with Crippen LogP contribution in [0.4, 0.5) is 5.69 Å². The molecule has 0 bridgehead atoms. The van der Waals surface area contributed by atoms with Gasteiger partial charge in [0.25, 0.3) is 5.91 Å². The fraction of sp³-hybridized carbons (Fsp3) is 0.381. The van der Waals surface area contributed by atoms with Gasteiger partial charge in [-0.2, -0.15) is 0 Å². The molecule has 2 aromatic carbocycles. The third-order valence-corrected chi connectivity index (χ3v) is 4.53. The van der Waals surface area contributed by atoms with Crippen LogP contribution in [0.1, 0.15) is 31.9 Å². The Labute approximate surface area is 168 Å². The Bertz CT molecular complexity index is 883. The molecule has 3 rings (SSSR count). The smallest absolute Gasteiger partial charge is 0.310 e. The van der Waals surface area contributed by atoms with Crippen LogP contribution in [-0.2, 0) is 4.79 Å². The Hall–Kier alpha value is -3.29.